The Balaban J connectivity index is 0.480. The molecule has 39 nitrogen and oxygen atoms in total. The van der Waals surface area contributed by atoms with E-state index in [0.717, 1.165) is 45.2 Å². The van der Waals surface area contributed by atoms with Gasteiger partial charge in [0.15, 0.2) is 23.3 Å². The molecule has 1 aliphatic rings. The maximum atomic E-state index is 13.7. The molecule has 10 N–H and O–H groups in total. The molecule has 0 saturated carbocycles. The minimum absolute atomic E-state index is 0.00377. The average Bonchev–Trinajstić information content (AvgIpc) is 1.59. The number of nitrogens with zero attached hydrogens (tertiary/aromatic N) is 13. The van der Waals surface area contributed by atoms with Crippen LogP contribution in [0.5, 0.6) is 5.75 Å². The van der Waals surface area contributed by atoms with E-state index in [0.29, 0.717) is 126 Å². The molecule has 0 spiro atoms. The molecule has 0 fully saturated rings. The zero-order valence-corrected chi connectivity index (χ0v) is 71.2. The number of fused-ring (bicyclic) bond motifs is 3. The topological polar surface area (TPSA) is 456 Å². The number of hydrogen-bond donors (Lipinski definition) is 10. The molecule has 652 valence electrons. The normalized spacial score (nSPS) is 12.2. The van der Waals surface area contributed by atoms with Crippen LogP contribution in [0.2, 0.25) is 5.02 Å². The van der Waals surface area contributed by atoms with Crippen molar-refractivity contribution in [1.29, 1.82) is 0 Å². The van der Waals surface area contributed by atoms with E-state index in [1.54, 1.807) is 75.7 Å². The van der Waals surface area contributed by atoms with E-state index < -0.39 is 47.4 Å². The maximum absolute atomic E-state index is 13.7. The Bertz CT molecular complexity index is 5150. The summed E-state index contributed by atoms with van der Waals surface area (Å²) in [5.41, 5.74) is 5.40. The molecule has 41 heteroatoms. The molecule has 7 aromatic heterocycles. The summed E-state index contributed by atoms with van der Waals surface area (Å²) < 4.78 is 43.4. The molecule has 1 unspecified atom stereocenters. The second-order valence-corrected chi connectivity index (χ2v) is 30.2. The molecule has 10 amide bonds. The summed E-state index contributed by atoms with van der Waals surface area (Å²) in [5, 5.41) is 37.9. The Labute approximate surface area is 713 Å². The molecule has 0 aliphatic carbocycles. The molecule has 0 saturated heterocycles. The molecular formula is C81H104ClN23O16S. The molecule has 0 bridgehead atoms. The highest BCUT2D eigenvalue weighted by Gasteiger charge is 2.33. The van der Waals surface area contributed by atoms with Crippen molar-refractivity contribution in [3.63, 3.8) is 0 Å². The van der Waals surface area contributed by atoms with E-state index in [1.807, 2.05) is 54.9 Å². The fourth-order valence-corrected chi connectivity index (χ4v) is 14.0. The van der Waals surface area contributed by atoms with Crippen LogP contribution in [0.4, 0.5) is 28.7 Å². The molecule has 0 radical (unpaired) electrons. The number of carbonyl (C=O) groups is 10. The SMILES string of the molecule is Cc1sc2c(c1C)C(c1ccc(Cl)cc1)=NC(CC(=O)Nc1cccc(OCCOCCOCCOCCOCCOCCC(=O)NCCCN(C)CCCNC(=O)CCNC(=O)c3nc(NC(=O)CCNC(=O)c4cc(NC(=O)c5nc(NC(=O)CCNC(=O)c6cc(NC(=O)c7nccn7C)cn6C)cn5C)cn4C)cn3C)c1)c1nnc(C)n1-2. The Morgan fingerprint density at radius 2 is 1.00 bits per heavy atom. The number of carbonyl (C=O) groups excluding carboxylic acids is 10. The highest BCUT2D eigenvalue weighted by atomic mass is 35.5. The number of aryl methyl sites for hydroxylation is 7. The van der Waals surface area contributed by atoms with E-state index >= 15 is 0 Å². The molecule has 1 aliphatic heterocycles. The summed E-state index contributed by atoms with van der Waals surface area (Å²) in [6.07, 6.45) is 10.5. The van der Waals surface area contributed by atoms with Crippen molar-refractivity contribution < 1.29 is 76.4 Å². The summed E-state index contributed by atoms with van der Waals surface area (Å²) in [6, 6.07) is 17.1. The Hall–Kier alpha value is -12.3. The second-order valence-electron chi connectivity index (χ2n) is 28.5. The third-order valence-electron chi connectivity index (χ3n) is 19.0. The number of amides is 10. The number of rotatable bonds is 49. The van der Waals surface area contributed by atoms with Gasteiger partial charge in [-0.15, -0.1) is 21.5 Å². The van der Waals surface area contributed by atoms with E-state index in [2.05, 4.69) is 97.1 Å². The summed E-state index contributed by atoms with van der Waals surface area (Å²) in [7, 11) is 10.0. The van der Waals surface area contributed by atoms with Gasteiger partial charge in [0.25, 0.3) is 29.5 Å². The van der Waals surface area contributed by atoms with Crippen LogP contribution in [-0.4, -0.2) is 248 Å². The molecule has 122 heavy (non-hydrogen) atoms. The number of hydrogen-bond acceptors (Lipinski definition) is 24. The molecule has 2 aromatic carbocycles. The number of aromatic nitrogens is 11. The van der Waals surface area contributed by atoms with Gasteiger partial charge >= 0.3 is 0 Å². The van der Waals surface area contributed by atoms with Crippen LogP contribution in [0.3, 0.4) is 0 Å². The lowest BCUT2D eigenvalue weighted by Gasteiger charge is -2.16. The highest BCUT2D eigenvalue weighted by Crippen LogP contribution is 2.40. The van der Waals surface area contributed by atoms with Crippen LogP contribution in [0.15, 0.2) is 103 Å². The van der Waals surface area contributed by atoms with Gasteiger partial charge in [-0.1, -0.05) is 29.8 Å². The van der Waals surface area contributed by atoms with Gasteiger partial charge in [-0.3, -0.25) is 57.5 Å². The molecule has 10 rings (SSSR count). The molecule has 1 atom stereocenters. The summed E-state index contributed by atoms with van der Waals surface area (Å²) >= 11 is 7.92. The average molecular weight is 1720 g/mol. The largest absolute Gasteiger partial charge is 0.491 e. The number of imidazole rings is 3. The van der Waals surface area contributed by atoms with Crippen LogP contribution in [-0.2, 0) is 82.9 Å². The van der Waals surface area contributed by atoms with E-state index in [4.69, 9.17) is 45.0 Å². The van der Waals surface area contributed by atoms with Crippen molar-refractivity contribution in [1.82, 2.24) is 84.0 Å². The first kappa shape index (κ1) is 92.0. The second kappa shape index (κ2) is 45.9. The lowest BCUT2D eigenvalue weighted by atomic mass is 9.99. The van der Waals surface area contributed by atoms with Crippen LogP contribution >= 0.6 is 22.9 Å². The Morgan fingerprint density at radius 1 is 0.492 bits per heavy atom. The van der Waals surface area contributed by atoms with Crippen molar-refractivity contribution in [3.05, 3.63) is 165 Å². The predicted octanol–water partition coefficient (Wildman–Crippen LogP) is 5.34. The van der Waals surface area contributed by atoms with Gasteiger partial charge in [0, 0.05) is 164 Å². The van der Waals surface area contributed by atoms with Gasteiger partial charge in [-0.05, 0) is 95.7 Å². The van der Waals surface area contributed by atoms with Gasteiger partial charge in [0.05, 0.1) is 89.6 Å². The van der Waals surface area contributed by atoms with Gasteiger partial charge in [-0.25, -0.2) is 15.0 Å². The molecule has 8 heterocycles. The first-order valence-corrected chi connectivity index (χ1v) is 40.9. The minimum Gasteiger partial charge on any atom is -0.491 e. The van der Waals surface area contributed by atoms with Crippen molar-refractivity contribution >= 4 is 116 Å². The van der Waals surface area contributed by atoms with Crippen LogP contribution in [0, 0.1) is 20.8 Å². The zero-order valence-electron chi connectivity index (χ0n) is 69.6. The fourth-order valence-electron chi connectivity index (χ4n) is 12.7. The summed E-state index contributed by atoms with van der Waals surface area (Å²) in [6.45, 7) is 12.3. The summed E-state index contributed by atoms with van der Waals surface area (Å²) in [5.74, 6) is -2.03. The van der Waals surface area contributed by atoms with Crippen molar-refractivity contribution in [2.45, 2.75) is 71.8 Å². The van der Waals surface area contributed by atoms with Gasteiger partial charge in [0.2, 0.25) is 41.2 Å². The van der Waals surface area contributed by atoms with E-state index in [9.17, 15) is 47.9 Å². The highest BCUT2D eigenvalue weighted by molar-refractivity contribution is 7.15. The third kappa shape index (κ3) is 27.4. The van der Waals surface area contributed by atoms with Gasteiger partial charge in [0.1, 0.15) is 40.6 Å². The van der Waals surface area contributed by atoms with E-state index in [1.165, 1.54) is 55.2 Å². The standard InChI is InChI=1S/C81H104ClN23O16S/c1-51-52(2)122-81-70(51)71(54-15-17-55(82)18-16-54)92-60(72-98-97-53(3)105(72)81)46-69(110)89-56-13-10-14-59(43-56)121-42-41-120-40-39-119-38-37-118-36-35-117-34-33-116-32-22-66(107)84-24-12-30-99(4)29-11-23-83-65(106)19-25-88-78(113)74-95-63(49-103(74)8)93-67(108)20-26-87-77(112)62-45-58(48-102(62)7)91-80(115)75-96-64(50-104(75)9)94-68(109)21-27-86-76(111)61-44-57(47-101(61)6)90-79(114)73-85-28-31-100(73)5/h10,13-18,28,31,43-45,47-50,60H,11-12,19-27,29-30,32-42,46H2,1-9H3,(H,83,106)(H,84,107)(H,86,111)(H,87,112)(H,88,113)(H,89,110)(H,90,114)(H,91,115)(H,93,108)(H,94,109). The van der Waals surface area contributed by atoms with E-state index in [-0.39, 0.29) is 122 Å². The van der Waals surface area contributed by atoms with Crippen molar-refractivity contribution in [2.75, 3.05) is 152 Å². The Morgan fingerprint density at radius 3 is 1.55 bits per heavy atom. The number of thiophene rings is 1. The number of aliphatic imine (C=N–C) groups is 1. The predicted molar refractivity (Wildman–Crippen MR) is 454 cm³/mol. The lowest BCUT2D eigenvalue weighted by Crippen LogP contribution is -2.33. The maximum Gasteiger partial charge on any atom is 0.291 e. The van der Waals surface area contributed by atoms with Crippen molar-refractivity contribution in [3.8, 4) is 10.8 Å². The van der Waals surface area contributed by atoms with Crippen LogP contribution in [0.1, 0.15) is 137 Å². The van der Waals surface area contributed by atoms with Crippen molar-refractivity contribution in [2.24, 2.45) is 40.2 Å². The number of benzene rings is 2. The van der Waals surface area contributed by atoms with Gasteiger partial charge < -0.3 is 109 Å². The third-order valence-corrected chi connectivity index (χ3v) is 20.5. The first-order chi connectivity index (χ1) is 58.7. The Kier molecular flexibility index (Phi) is 34.6. The van der Waals surface area contributed by atoms with Gasteiger partial charge in [-0.2, -0.15) is 0 Å². The summed E-state index contributed by atoms with van der Waals surface area (Å²) in [4.78, 5) is 150. The minimum atomic E-state index is -0.640. The molecular weight excluding hydrogens is 1620 g/mol. The van der Waals surface area contributed by atoms with Crippen LogP contribution in [0.25, 0.3) is 5.00 Å². The smallest absolute Gasteiger partial charge is 0.291 e. The number of anilines is 5. The number of ether oxygens (including phenoxy) is 6. The lowest BCUT2D eigenvalue weighted by molar-refractivity contribution is -0.122. The number of halogens is 1. The first-order valence-electron chi connectivity index (χ1n) is 39.7. The number of nitrogens with one attached hydrogen (secondary N) is 10. The quantitative estimate of drug-likeness (QED) is 0.0215. The fraction of sp³-hybridized carbons (Fsp3) is 0.432. The molecule has 9 aromatic rings. The zero-order chi connectivity index (χ0) is 87.2. The van der Waals surface area contributed by atoms with Crippen LogP contribution < -0.4 is 57.9 Å². The monoisotopic (exact) mass is 1720 g/mol.